The van der Waals surface area contributed by atoms with Gasteiger partial charge in [0.05, 0.1) is 16.6 Å². The summed E-state index contributed by atoms with van der Waals surface area (Å²) in [6.07, 6.45) is 2.88. The maximum Gasteiger partial charge on any atom is 0.373 e. The smallest absolute Gasteiger partial charge is 0.373 e. The highest BCUT2D eigenvalue weighted by molar-refractivity contribution is 5.83. The normalized spacial score (nSPS) is 10.7. The molecule has 1 aromatic carbocycles. The molecule has 0 radical (unpaired) electrons. The summed E-state index contributed by atoms with van der Waals surface area (Å²) < 4.78 is 0. The molecular weight excluding hydrogens is 232 g/mol. The molecule has 2 aromatic heterocycles. The summed E-state index contributed by atoms with van der Waals surface area (Å²) in [4.78, 5) is 25.6. The lowest BCUT2D eigenvalue weighted by Crippen LogP contribution is -2.03. The van der Waals surface area contributed by atoms with Gasteiger partial charge in [-0.2, -0.15) is 0 Å². The van der Waals surface area contributed by atoms with E-state index in [1.165, 1.54) is 12.4 Å². The molecule has 0 saturated carbocycles. The number of nitrogens with zero attached hydrogens (tertiary/aromatic N) is 3. The predicted octanol–water partition coefficient (Wildman–Crippen LogP) is 1.72. The van der Waals surface area contributed by atoms with E-state index >= 15 is 0 Å². The molecule has 0 bridgehead atoms. The van der Waals surface area contributed by atoms with Crippen LogP contribution >= 0.6 is 0 Å². The number of nitrogens with one attached hydrogen (secondary N) is 1. The molecule has 3 aromatic rings. The van der Waals surface area contributed by atoms with E-state index < -0.39 is 5.97 Å². The van der Waals surface area contributed by atoms with E-state index in [0.29, 0.717) is 11.4 Å². The van der Waals surface area contributed by atoms with Crippen molar-refractivity contribution in [3.8, 4) is 11.4 Å². The lowest BCUT2D eigenvalue weighted by molar-refractivity contribution is 0.0683. The van der Waals surface area contributed by atoms with Gasteiger partial charge in [-0.25, -0.2) is 19.7 Å². The number of aromatic carboxylic acids is 1. The maximum atomic E-state index is 10.6. The minimum Gasteiger partial charge on any atom is -0.475 e. The topological polar surface area (TPSA) is 91.8 Å². The SMILES string of the molecule is O=C(O)c1ncc(-c2nc3ccccc3[nH]2)cn1. The summed E-state index contributed by atoms with van der Waals surface area (Å²) in [6, 6.07) is 7.62. The lowest BCUT2D eigenvalue weighted by Gasteiger charge is -1.95. The van der Waals surface area contributed by atoms with Gasteiger partial charge in [-0.05, 0) is 12.1 Å². The van der Waals surface area contributed by atoms with Crippen molar-refractivity contribution in [2.75, 3.05) is 0 Å². The molecule has 0 amide bonds. The fraction of sp³-hybridized carbons (Fsp3) is 0. The third-order valence-electron chi connectivity index (χ3n) is 2.51. The Hall–Kier alpha value is -2.76. The fourth-order valence-electron chi connectivity index (χ4n) is 1.65. The molecule has 2 heterocycles. The van der Waals surface area contributed by atoms with Crippen LogP contribution in [-0.2, 0) is 0 Å². The van der Waals surface area contributed by atoms with Gasteiger partial charge in [-0.1, -0.05) is 12.1 Å². The number of carboxylic acids is 1. The summed E-state index contributed by atoms with van der Waals surface area (Å²) >= 11 is 0. The summed E-state index contributed by atoms with van der Waals surface area (Å²) in [7, 11) is 0. The number of hydrogen-bond donors (Lipinski definition) is 2. The van der Waals surface area contributed by atoms with Gasteiger partial charge in [0.15, 0.2) is 0 Å². The number of fused-ring (bicyclic) bond motifs is 1. The molecule has 0 fully saturated rings. The van der Waals surface area contributed by atoms with Crippen molar-refractivity contribution in [1.29, 1.82) is 0 Å². The van der Waals surface area contributed by atoms with Crippen molar-refractivity contribution in [3.05, 3.63) is 42.5 Å². The van der Waals surface area contributed by atoms with Crippen LogP contribution < -0.4 is 0 Å². The molecule has 0 aliphatic rings. The van der Waals surface area contributed by atoms with Crippen LogP contribution in [0.3, 0.4) is 0 Å². The average Bonchev–Trinajstić information content (AvgIpc) is 2.82. The zero-order valence-electron chi connectivity index (χ0n) is 9.16. The zero-order valence-corrected chi connectivity index (χ0v) is 9.16. The Bertz CT molecular complexity index is 685. The van der Waals surface area contributed by atoms with E-state index in [0.717, 1.165) is 11.0 Å². The first-order chi connectivity index (χ1) is 8.74. The Balaban J connectivity index is 2.06. The van der Waals surface area contributed by atoms with Gasteiger partial charge in [-0.15, -0.1) is 0 Å². The average molecular weight is 240 g/mol. The van der Waals surface area contributed by atoms with Gasteiger partial charge in [-0.3, -0.25) is 0 Å². The van der Waals surface area contributed by atoms with E-state index in [4.69, 9.17) is 5.11 Å². The third kappa shape index (κ3) is 1.69. The second-order valence-electron chi connectivity index (χ2n) is 3.70. The zero-order chi connectivity index (χ0) is 12.5. The Morgan fingerprint density at radius 2 is 1.89 bits per heavy atom. The van der Waals surface area contributed by atoms with Crippen LogP contribution in [0.15, 0.2) is 36.7 Å². The number of H-pyrrole nitrogens is 1. The summed E-state index contributed by atoms with van der Waals surface area (Å²) in [5, 5.41) is 8.71. The molecule has 0 atom stereocenters. The van der Waals surface area contributed by atoms with Crippen molar-refractivity contribution in [2.24, 2.45) is 0 Å². The van der Waals surface area contributed by atoms with Crippen LogP contribution in [-0.4, -0.2) is 31.0 Å². The summed E-state index contributed by atoms with van der Waals surface area (Å²) in [6.45, 7) is 0. The number of para-hydroxylation sites is 2. The molecule has 2 N–H and O–H groups in total. The number of carbonyl (C=O) groups is 1. The molecule has 0 unspecified atom stereocenters. The summed E-state index contributed by atoms with van der Waals surface area (Å²) in [5.41, 5.74) is 2.40. The van der Waals surface area contributed by atoms with Crippen LogP contribution in [0, 0.1) is 0 Å². The summed E-state index contributed by atoms with van der Waals surface area (Å²) in [5.74, 6) is -0.755. The van der Waals surface area contributed by atoms with Crippen molar-refractivity contribution in [3.63, 3.8) is 0 Å². The van der Waals surface area contributed by atoms with Gasteiger partial charge in [0, 0.05) is 12.4 Å². The van der Waals surface area contributed by atoms with Gasteiger partial charge in [0.1, 0.15) is 5.82 Å². The van der Waals surface area contributed by atoms with E-state index in [2.05, 4.69) is 19.9 Å². The fourth-order valence-corrected chi connectivity index (χ4v) is 1.65. The molecule has 0 aliphatic heterocycles. The van der Waals surface area contributed by atoms with E-state index in [9.17, 15) is 4.79 Å². The Morgan fingerprint density at radius 3 is 2.56 bits per heavy atom. The highest BCUT2D eigenvalue weighted by atomic mass is 16.4. The first kappa shape index (κ1) is 10.4. The van der Waals surface area contributed by atoms with Crippen molar-refractivity contribution in [2.45, 2.75) is 0 Å². The van der Waals surface area contributed by atoms with Gasteiger partial charge >= 0.3 is 5.97 Å². The first-order valence-corrected chi connectivity index (χ1v) is 5.24. The third-order valence-corrected chi connectivity index (χ3v) is 2.51. The van der Waals surface area contributed by atoms with Gasteiger partial charge < -0.3 is 10.1 Å². The number of hydrogen-bond acceptors (Lipinski definition) is 4. The van der Waals surface area contributed by atoms with Crippen LogP contribution in [0.4, 0.5) is 0 Å². The number of carboxylic acid groups (broad SMARTS) is 1. The molecule has 0 saturated heterocycles. The molecule has 6 nitrogen and oxygen atoms in total. The number of aromatic amines is 1. The number of imidazole rings is 1. The number of rotatable bonds is 2. The minimum absolute atomic E-state index is 0.227. The second kappa shape index (κ2) is 3.92. The highest BCUT2D eigenvalue weighted by Gasteiger charge is 2.09. The highest BCUT2D eigenvalue weighted by Crippen LogP contribution is 2.18. The van der Waals surface area contributed by atoms with Crippen molar-refractivity contribution >= 4 is 17.0 Å². The molecule has 6 heteroatoms. The number of aromatic nitrogens is 4. The quantitative estimate of drug-likeness (QED) is 0.711. The Kier molecular flexibility index (Phi) is 2.26. The standard InChI is InChI=1S/C12H8N4O2/c17-12(18)11-13-5-7(6-14-11)10-15-8-3-1-2-4-9(8)16-10/h1-6H,(H,15,16)(H,17,18). The second-order valence-corrected chi connectivity index (χ2v) is 3.70. The molecule has 88 valence electrons. The van der Waals surface area contributed by atoms with Crippen LogP contribution in [0.25, 0.3) is 22.4 Å². The van der Waals surface area contributed by atoms with Crippen molar-refractivity contribution in [1.82, 2.24) is 19.9 Å². The molecular formula is C12H8N4O2. The largest absolute Gasteiger partial charge is 0.475 e. The van der Waals surface area contributed by atoms with E-state index in [-0.39, 0.29) is 5.82 Å². The predicted molar refractivity (Wildman–Crippen MR) is 64.1 cm³/mol. The monoisotopic (exact) mass is 240 g/mol. The van der Waals surface area contributed by atoms with Gasteiger partial charge in [0.25, 0.3) is 0 Å². The number of benzene rings is 1. The Labute approximate surface area is 101 Å². The first-order valence-electron chi connectivity index (χ1n) is 5.24. The minimum atomic E-state index is -1.15. The molecule has 0 spiro atoms. The maximum absolute atomic E-state index is 10.6. The van der Waals surface area contributed by atoms with Crippen molar-refractivity contribution < 1.29 is 9.90 Å². The van der Waals surface area contributed by atoms with Gasteiger partial charge in [0.2, 0.25) is 5.82 Å². The van der Waals surface area contributed by atoms with E-state index in [1.807, 2.05) is 24.3 Å². The molecule has 18 heavy (non-hydrogen) atoms. The van der Waals surface area contributed by atoms with Crippen LogP contribution in [0.1, 0.15) is 10.6 Å². The van der Waals surface area contributed by atoms with Crippen LogP contribution in [0.5, 0.6) is 0 Å². The van der Waals surface area contributed by atoms with E-state index in [1.54, 1.807) is 0 Å². The van der Waals surface area contributed by atoms with Crippen LogP contribution in [0.2, 0.25) is 0 Å². The molecule has 3 rings (SSSR count). The molecule has 0 aliphatic carbocycles. The Morgan fingerprint density at radius 1 is 1.17 bits per heavy atom. The lowest BCUT2D eigenvalue weighted by atomic mass is 10.3.